The molecule has 1 aromatic carbocycles. The van der Waals surface area contributed by atoms with E-state index < -0.39 is 24.0 Å². The number of amides is 3. The zero-order valence-corrected chi connectivity index (χ0v) is 10.8. The molecule has 0 aliphatic rings. The second-order valence-electron chi connectivity index (χ2n) is 3.91. The molecular formula is C13H16N2O4. The maximum Gasteiger partial charge on any atom is 0.321 e. The molecule has 0 aliphatic heterocycles. The average molecular weight is 264 g/mol. The van der Waals surface area contributed by atoms with Crippen LogP contribution in [0, 0.1) is 0 Å². The standard InChI is InChI=1S/C13H16N2O4/c1-9(19-10(2)16)12(17)15-13(18)14-8-11-6-4-3-5-7-11/h3-7,9H,8H2,1-2H3,(H2,14,15,17,18)/t9-/m0/s1. The first-order valence-corrected chi connectivity index (χ1v) is 5.79. The van der Waals surface area contributed by atoms with Gasteiger partial charge in [-0.3, -0.25) is 14.9 Å². The zero-order valence-electron chi connectivity index (χ0n) is 10.8. The van der Waals surface area contributed by atoms with E-state index in [1.807, 2.05) is 30.3 Å². The first-order valence-electron chi connectivity index (χ1n) is 5.79. The molecule has 0 spiro atoms. The highest BCUT2D eigenvalue weighted by Gasteiger charge is 2.17. The van der Waals surface area contributed by atoms with Crippen molar-refractivity contribution in [3.05, 3.63) is 35.9 Å². The molecule has 0 saturated carbocycles. The van der Waals surface area contributed by atoms with Crippen LogP contribution in [0.5, 0.6) is 0 Å². The van der Waals surface area contributed by atoms with E-state index in [9.17, 15) is 14.4 Å². The minimum Gasteiger partial charge on any atom is -0.453 e. The zero-order chi connectivity index (χ0) is 14.3. The Bertz CT molecular complexity index is 459. The molecule has 0 aliphatic carbocycles. The maximum atomic E-state index is 11.5. The van der Waals surface area contributed by atoms with Crippen molar-refractivity contribution in [2.45, 2.75) is 26.5 Å². The number of carbonyl (C=O) groups excluding carboxylic acids is 3. The van der Waals surface area contributed by atoms with Gasteiger partial charge in [-0.1, -0.05) is 30.3 Å². The summed E-state index contributed by atoms with van der Waals surface area (Å²) < 4.78 is 4.64. The lowest BCUT2D eigenvalue weighted by Crippen LogP contribution is -2.44. The quantitative estimate of drug-likeness (QED) is 0.793. The van der Waals surface area contributed by atoms with Gasteiger partial charge in [-0.05, 0) is 12.5 Å². The molecule has 102 valence electrons. The third kappa shape index (κ3) is 5.67. The van der Waals surface area contributed by atoms with Crippen molar-refractivity contribution in [2.75, 3.05) is 0 Å². The van der Waals surface area contributed by atoms with Crippen LogP contribution in [-0.2, 0) is 20.9 Å². The molecule has 0 saturated heterocycles. The molecule has 3 amide bonds. The number of ether oxygens (including phenoxy) is 1. The van der Waals surface area contributed by atoms with Crippen LogP contribution in [0.15, 0.2) is 30.3 Å². The summed E-state index contributed by atoms with van der Waals surface area (Å²) in [5.41, 5.74) is 0.915. The van der Waals surface area contributed by atoms with Gasteiger partial charge in [0.2, 0.25) is 0 Å². The molecule has 6 nitrogen and oxygen atoms in total. The van der Waals surface area contributed by atoms with Gasteiger partial charge in [0.25, 0.3) is 5.91 Å². The summed E-state index contributed by atoms with van der Waals surface area (Å²) in [7, 11) is 0. The number of imide groups is 1. The number of urea groups is 1. The first-order chi connectivity index (χ1) is 8.99. The summed E-state index contributed by atoms with van der Waals surface area (Å²) in [4.78, 5) is 33.5. The Morgan fingerprint density at radius 3 is 2.42 bits per heavy atom. The van der Waals surface area contributed by atoms with Gasteiger partial charge in [-0.25, -0.2) is 4.79 Å². The number of esters is 1. The van der Waals surface area contributed by atoms with Crippen molar-refractivity contribution in [1.29, 1.82) is 0 Å². The van der Waals surface area contributed by atoms with Crippen LogP contribution in [0.25, 0.3) is 0 Å². The fourth-order valence-corrected chi connectivity index (χ4v) is 1.34. The topological polar surface area (TPSA) is 84.5 Å². The molecule has 0 unspecified atom stereocenters. The van der Waals surface area contributed by atoms with E-state index in [-0.39, 0.29) is 0 Å². The predicted octanol–water partition coefficient (Wildman–Crippen LogP) is 0.964. The molecule has 0 heterocycles. The Morgan fingerprint density at radius 1 is 1.21 bits per heavy atom. The summed E-state index contributed by atoms with van der Waals surface area (Å²) in [5, 5.41) is 4.62. The highest BCUT2D eigenvalue weighted by molar-refractivity contribution is 5.96. The fourth-order valence-electron chi connectivity index (χ4n) is 1.34. The van der Waals surface area contributed by atoms with Gasteiger partial charge in [-0.15, -0.1) is 0 Å². The van der Waals surface area contributed by atoms with Crippen LogP contribution in [0.4, 0.5) is 4.79 Å². The summed E-state index contributed by atoms with van der Waals surface area (Å²) in [6.07, 6.45) is -1.00. The molecule has 1 aromatic rings. The van der Waals surface area contributed by atoms with Gasteiger partial charge in [-0.2, -0.15) is 0 Å². The third-order valence-electron chi connectivity index (χ3n) is 2.24. The number of hydrogen-bond donors (Lipinski definition) is 2. The predicted molar refractivity (Wildman–Crippen MR) is 68.0 cm³/mol. The maximum absolute atomic E-state index is 11.5. The monoisotopic (exact) mass is 264 g/mol. The molecule has 1 rings (SSSR count). The molecule has 0 aromatic heterocycles. The van der Waals surface area contributed by atoms with Gasteiger partial charge >= 0.3 is 12.0 Å². The van der Waals surface area contributed by atoms with Crippen molar-refractivity contribution < 1.29 is 19.1 Å². The molecule has 0 radical (unpaired) electrons. The number of hydrogen-bond acceptors (Lipinski definition) is 4. The van der Waals surface area contributed by atoms with Crippen LogP contribution in [-0.4, -0.2) is 24.0 Å². The van der Waals surface area contributed by atoms with E-state index in [1.165, 1.54) is 13.8 Å². The van der Waals surface area contributed by atoms with Crippen LogP contribution in [0.1, 0.15) is 19.4 Å². The van der Waals surface area contributed by atoms with Crippen molar-refractivity contribution in [1.82, 2.24) is 10.6 Å². The molecule has 19 heavy (non-hydrogen) atoms. The molecule has 0 bridgehead atoms. The number of benzene rings is 1. The molecule has 6 heteroatoms. The summed E-state index contributed by atoms with van der Waals surface area (Å²) in [6.45, 7) is 2.89. The lowest BCUT2D eigenvalue weighted by atomic mass is 10.2. The van der Waals surface area contributed by atoms with Gasteiger partial charge in [0, 0.05) is 13.5 Å². The molecule has 2 N–H and O–H groups in total. The Balaban J connectivity index is 2.35. The SMILES string of the molecule is CC(=O)O[C@@H](C)C(=O)NC(=O)NCc1ccccc1. The number of carbonyl (C=O) groups is 3. The summed E-state index contributed by atoms with van der Waals surface area (Å²) >= 11 is 0. The van der Waals surface area contributed by atoms with Crippen LogP contribution in [0.2, 0.25) is 0 Å². The fraction of sp³-hybridized carbons (Fsp3) is 0.308. The van der Waals surface area contributed by atoms with Gasteiger partial charge in [0.15, 0.2) is 6.10 Å². The third-order valence-corrected chi connectivity index (χ3v) is 2.24. The summed E-state index contributed by atoms with van der Waals surface area (Å²) in [6, 6.07) is 8.64. The molecular weight excluding hydrogens is 248 g/mol. The lowest BCUT2D eigenvalue weighted by molar-refractivity contribution is -0.152. The molecule has 0 fully saturated rings. The summed E-state index contributed by atoms with van der Waals surface area (Å²) in [5.74, 6) is -1.24. The number of nitrogens with one attached hydrogen (secondary N) is 2. The number of rotatable bonds is 4. The van der Waals surface area contributed by atoms with Crippen LogP contribution in [0.3, 0.4) is 0 Å². The second-order valence-corrected chi connectivity index (χ2v) is 3.91. The normalized spacial score (nSPS) is 11.3. The van der Waals surface area contributed by atoms with Gasteiger partial charge < -0.3 is 10.1 Å². The lowest BCUT2D eigenvalue weighted by Gasteiger charge is -2.12. The Labute approximate surface area is 111 Å². The minimum atomic E-state index is -1.00. The minimum absolute atomic E-state index is 0.307. The first kappa shape index (κ1) is 14.7. The van der Waals surface area contributed by atoms with E-state index in [1.54, 1.807) is 0 Å². The van der Waals surface area contributed by atoms with Crippen molar-refractivity contribution >= 4 is 17.9 Å². The Hall–Kier alpha value is -2.37. The van der Waals surface area contributed by atoms with E-state index in [0.29, 0.717) is 6.54 Å². The van der Waals surface area contributed by atoms with E-state index in [2.05, 4.69) is 15.4 Å². The largest absolute Gasteiger partial charge is 0.453 e. The molecule has 1 atom stereocenters. The second kappa shape index (κ2) is 7.15. The highest BCUT2D eigenvalue weighted by atomic mass is 16.5. The van der Waals surface area contributed by atoms with Crippen molar-refractivity contribution in [3.8, 4) is 0 Å². The van der Waals surface area contributed by atoms with Gasteiger partial charge in [0.1, 0.15) is 0 Å². The van der Waals surface area contributed by atoms with E-state index in [4.69, 9.17) is 0 Å². The average Bonchev–Trinajstić information content (AvgIpc) is 2.36. The van der Waals surface area contributed by atoms with Crippen LogP contribution < -0.4 is 10.6 Å². The highest BCUT2D eigenvalue weighted by Crippen LogP contribution is 1.97. The van der Waals surface area contributed by atoms with E-state index >= 15 is 0 Å². The van der Waals surface area contributed by atoms with Gasteiger partial charge in [0.05, 0.1) is 0 Å². The van der Waals surface area contributed by atoms with Crippen molar-refractivity contribution in [2.24, 2.45) is 0 Å². The van der Waals surface area contributed by atoms with Crippen LogP contribution >= 0.6 is 0 Å². The van der Waals surface area contributed by atoms with E-state index in [0.717, 1.165) is 5.56 Å². The smallest absolute Gasteiger partial charge is 0.321 e. The Kier molecular flexibility index (Phi) is 5.53. The Morgan fingerprint density at radius 2 is 1.84 bits per heavy atom. The van der Waals surface area contributed by atoms with Crippen molar-refractivity contribution in [3.63, 3.8) is 0 Å².